The van der Waals surface area contributed by atoms with E-state index in [0.29, 0.717) is 23.4 Å². The summed E-state index contributed by atoms with van der Waals surface area (Å²) in [7, 11) is -3.61. The standard InChI is InChI=1S/C12H16N2O4S2/c1-8(15)9-5-11(19-6-9)12(16)14-4-2-3-10(14)7-20(13,17)18/h5-6,10H,2-4,7H2,1H3,(H2,13,17,18). The maximum absolute atomic E-state index is 12.4. The van der Waals surface area contributed by atoms with Gasteiger partial charge in [0, 0.05) is 23.5 Å². The molecule has 6 nitrogen and oxygen atoms in total. The van der Waals surface area contributed by atoms with Gasteiger partial charge < -0.3 is 4.90 Å². The molecule has 1 aromatic heterocycles. The molecule has 1 saturated heterocycles. The monoisotopic (exact) mass is 316 g/mol. The van der Waals surface area contributed by atoms with Crippen LogP contribution in [0.15, 0.2) is 11.4 Å². The number of carbonyl (C=O) groups is 2. The lowest BCUT2D eigenvalue weighted by atomic mass is 10.2. The van der Waals surface area contributed by atoms with Gasteiger partial charge in [-0.3, -0.25) is 9.59 Å². The van der Waals surface area contributed by atoms with Crippen LogP contribution in [0.1, 0.15) is 39.8 Å². The quantitative estimate of drug-likeness (QED) is 0.832. The third-order valence-corrected chi connectivity index (χ3v) is 5.05. The Balaban J connectivity index is 2.16. The van der Waals surface area contributed by atoms with Gasteiger partial charge in [0.15, 0.2) is 5.78 Å². The summed E-state index contributed by atoms with van der Waals surface area (Å²) in [5, 5.41) is 6.69. The Kier molecular flexibility index (Phi) is 4.26. The fraction of sp³-hybridized carbons (Fsp3) is 0.500. The normalized spacial score (nSPS) is 19.3. The molecule has 1 aliphatic rings. The Morgan fingerprint density at radius 2 is 2.20 bits per heavy atom. The Labute approximate surface area is 121 Å². The third-order valence-electron chi connectivity index (χ3n) is 3.28. The highest BCUT2D eigenvalue weighted by Gasteiger charge is 2.32. The maximum Gasteiger partial charge on any atom is 0.264 e. The second-order valence-corrected chi connectivity index (χ2v) is 7.45. The molecule has 1 amide bonds. The van der Waals surface area contributed by atoms with Gasteiger partial charge in [0.1, 0.15) is 0 Å². The molecule has 1 fully saturated rings. The zero-order chi connectivity index (χ0) is 14.9. The molecular formula is C12H16N2O4S2. The van der Waals surface area contributed by atoms with Gasteiger partial charge in [-0.15, -0.1) is 11.3 Å². The maximum atomic E-state index is 12.4. The van der Waals surface area contributed by atoms with Gasteiger partial charge in [0.05, 0.1) is 10.6 Å². The molecule has 1 aliphatic heterocycles. The highest BCUT2D eigenvalue weighted by atomic mass is 32.2. The first kappa shape index (κ1) is 15.1. The number of rotatable bonds is 4. The summed E-state index contributed by atoms with van der Waals surface area (Å²) in [6, 6.07) is 1.18. The predicted molar refractivity (Wildman–Crippen MR) is 76.4 cm³/mol. The topological polar surface area (TPSA) is 97.5 Å². The lowest BCUT2D eigenvalue weighted by Crippen LogP contribution is -2.40. The second-order valence-electron chi connectivity index (χ2n) is 4.88. The first-order valence-electron chi connectivity index (χ1n) is 6.19. The molecule has 110 valence electrons. The van der Waals surface area contributed by atoms with Gasteiger partial charge >= 0.3 is 0 Å². The summed E-state index contributed by atoms with van der Waals surface area (Å²) in [6.07, 6.45) is 1.39. The number of likely N-dealkylation sites (tertiary alicyclic amines) is 1. The molecule has 1 atom stereocenters. The SMILES string of the molecule is CC(=O)c1csc(C(=O)N2CCCC2CS(N)(=O)=O)c1. The van der Waals surface area contributed by atoms with E-state index in [0.717, 1.165) is 6.42 Å². The van der Waals surface area contributed by atoms with Crippen LogP contribution < -0.4 is 5.14 Å². The molecule has 2 heterocycles. The van der Waals surface area contributed by atoms with Crippen molar-refractivity contribution < 1.29 is 18.0 Å². The predicted octanol–water partition coefficient (Wildman–Crippen LogP) is 0.844. The number of carbonyl (C=O) groups excluding carboxylic acids is 2. The van der Waals surface area contributed by atoms with Gasteiger partial charge in [0.2, 0.25) is 10.0 Å². The largest absolute Gasteiger partial charge is 0.334 e. The molecule has 20 heavy (non-hydrogen) atoms. The van der Waals surface area contributed by atoms with E-state index in [1.54, 1.807) is 16.3 Å². The van der Waals surface area contributed by atoms with Crippen molar-refractivity contribution in [1.82, 2.24) is 4.90 Å². The number of Topliss-reactive ketones (excluding diaryl/α,β-unsaturated/α-hetero) is 1. The minimum Gasteiger partial charge on any atom is -0.334 e. The van der Waals surface area contributed by atoms with Crippen LogP contribution in [0.3, 0.4) is 0 Å². The van der Waals surface area contributed by atoms with Crippen molar-refractivity contribution in [1.29, 1.82) is 0 Å². The first-order valence-corrected chi connectivity index (χ1v) is 8.78. The lowest BCUT2D eigenvalue weighted by molar-refractivity contribution is 0.0754. The number of hydrogen-bond donors (Lipinski definition) is 1. The number of ketones is 1. The molecule has 0 radical (unpaired) electrons. The van der Waals surface area contributed by atoms with Gasteiger partial charge in [0.25, 0.3) is 5.91 Å². The molecule has 0 bridgehead atoms. The van der Waals surface area contributed by atoms with E-state index in [4.69, 9.17) is 5.14 Å². The summed E-state index contributed by atoms with van der Waals surface area (Å²) < 4.78 is 22.4. The van der Waals surface area contributed by atoms with Crippen LogP contribution in [0.25, 0.3) is 0 Å². The van der Waals surface area contributed by atoms with Crippen LogP contribution in [0.4, 0.5) is 0 Å². The van der Waals surface area contributed by atoms with Crippen molar-refractivity contribution in [2.75, 3.05) is 12.3 Å². The van der Waals surface area contributed by atoms with E-state index in [2.05, 4.69) is 0 Å². The third kappa shape index (κ3) is 3.44. The summed E-state index contributed by atoms with van der Waals surface area (Å²) in [5.41, 5.74) is 0.501. The van der Waals surface area contributed by atoms with Crippen LogP contribution >= 0.6 is 11.3 Å². The van der Waals surface area contributed by atoms with E-state index in [1.807, 2.05) is 0 Å². The van der Waals surface area contributed by atoms with Gasteiger partial charge in [-0.2, -0.15) is 0 Å². The molecule has 8 heteroatoms. The number of primary sulfonamides is 1. The molecule has 0 aliphatic carbocycles. The van der Waals surface area contributed by atoms with Crippen LogP contribution in [-0.2, 0) is 10.0 Å². The fourth-order valence-electron chi connectivity index (χ4n) is 2.32. The molecule has 1 unspecified atom stereocenters. The Bertz CT molecular complexity index is 636. The number of hydrogen-bond acceptors (Lipinski definition) is 5. The number of sulfonamides is 1. The Hall–Kier alpha value is -1.25. The number of amides is 1. The second kappa shape index (κ2) is 5.63. The molecule has 1 aromatic rings. The van der Waals surface area contributed by atoms with Crippen molar-refractivity contribution in [2.45, 2.75) is 25.8 Å². The lowest BCUT2D eigenvalue weighted by Gasteiger charge is -2.23. The summed E-state index contributed by atoms with van der Waals surface area (Å²) in [5.74, 6) is -0.541. The number of nitrogens with two attached hydrogens (primary N) is 1. The summed E-state index contributed by atoms with van der Waals surface area (Å²) in [4.78, 5) is 25.6. The smallest absolute Gasteiger partial charge is 0.264 e. The zero-order valence-corrected chi connectivity index (χ0v) is 12.7. The summed E-state index contributed by atoms with van der Waals surface area (Å²) in [6.45, 7) is 1.96. The van der Waals surface area contributed by atoms with Crippen molar-refractivity contribution in [3.8, 4) is 0 Å². The molecular weight excluding hydrogens is 300 g/mol. The van der Waals surface area contributed by atoms with Crippen LogP contribution in [-0.4, -0.2) is 43.3 Å². The zero-order valence-electron chi connectivity index (χ0n) is 11.0. The van der Waals surface area contributed by atoms with Crippen LogP contribution in [0.2, 0.25) is 0 Å². The van der Waals surface area contributed by atoms with Gasteiger partial charge in [-0.1, -0.05) is 0 Å². The average molecular weight is 316 g/mol. The Morgan fingerprint density at radius 3 is 2.75 bits per heavy atom. The van der Waals surface area contributed by atoms with Gasteiger partial charge in [-0.05, 0) is 25.8 Å². The van der Waals surface area contributed by atoms with Crippen molar-refractivity contribution in [3.63, 3.8) is 0 Å². The van der Waals surface area contributed by atoms with E-state index in [9.17, 15) is 18.0 Å². The highest BCUT2D eigenvalue weighted by molar-refractivity contribution is 7.89. The molecule has 0 saturated carbocycles. The van der Waals surface area contributed by atoms with Crippen molar-refractivity contribution in [3.05, 3.63) is 21.9 Å². The van der Waals surface area contributed by atoms with E-state index in [-0.39, 0.29) is 23.5 Å². The molecule has 2 N–H and O–H groups in total. The minimum atomic E-state index is -3.61. The minimum absolute atomic E-state index is 0.0946. The average Bonchev–Trinajstić information content (AvgIpc) is 2.93. The highest BCUT2D eigenvalue weighted by Crippen LogP contribution is 2.24. The van der Waals surface area contributed by atoms with Crippen molar-refractivity contribution in [2.24, 2.45) is 5.14 Å². The fourth-order valence-corrected chi connectivity index (χ4v) is 4.10. The van der Waals surface area contributed by atoms with Crippen LogP contribution in [0.5, 0.6) is 0 Å². The van der Waals surface area contributed by atoms with E-state index < -0.39 is 10.0 Å². The van der Waals surface area contributed by atoms with Crippen molar-refractivity contribution >= 4 is 33.1 Å². The number of nitrogens with zero attached hydrogens (tertiary/aromatic N) is 1. The first-order chi connectivity index (χ1) is 9.28. The molecule has 0 spiro atoms. The molecule has 2 rings (SSSR count). The van der Waals surface area contributed by atoms with Crippen LogP contribution in [0, 0.1) is 0 Å². The van der Waals surface area contributed by atoms with E-state index >= 15 is 0 Å². The van der Waals surface area contributed by atoms with E-state index in [1.165, 1.54) is 18.3 Å². The summed E-state index contributed by atoms with van der Waals surface area (Å²) >= 11 is 1.20. The Morgan fingerprint density at radius 1 is 1.50 bits per heavy atom. The number of thiophene rings is 1. The van der Waals surface area contributed by atoms with Gasteiger partial charge in [-0.25, -0.2) is 13.6 Å². The molecule has 0 aromatic carbocycles.